The Morgan fingerprint density at radius 2 is 1.90 bits per heavy atom. The predicted molar refractivity (Wildman–Crippen MR) is 107 cm³/mol. The molecule has 0 fully saturated rings. The van der Waals surface area contributed by atoms with E-state index >= 15 is 0 Å². The van der Waals surface area contributed by atoms with E-state index in [4.69, 9.17) is 10.5 Å². The number of nitrogen functional groups attached to an aromatic ring is 1. The molecule has 0 aliphatic carbocycles. The molecule has 3 N–H and O–H groups in total. The monoisotopic (exact) mass is 403 g/mol. The highest BCUT2D eigenvalue weighted by Gasteiger charge is 2.11. The summed E-state index contributed by atoms with van der Waals surface area (Å²) in [5.41, 5.74) is 8.72. The van der Waals surface area contributed by atoms with E-state index < -0.39 is 5.97 Å². The minimum atomic E-state index is -0.523. The first-order valence-electron chi connectivity index (χ1n) is 8.92. The summed E-state index contributed by atoms with van der Waals surface area (Å²) in [5, 5.41) is 14.0. The topological polar surface area (TPSA) is 147 Å². The molecule has 2 aromatic carbocycles. The van der Waals surface area contributed by atoms with Gasteiger partial charge in [0.15, 0.2) is 12.4 Å². The fraction of sp³-hybridized carbons (Fsp3) is 0.105. The molecule has 0 saturated carbocycles. The zero-order chi connectivity index (χ0) is 20.9. The van der Waals surface area contributed by atoms with E-state index in [1.165, 1.54) is 11.0 Å². The molecular formula is C19H17N9O2. The molecule has 11 nitrogen and oxygen atoms in total. The van der Waals surface area contributed by atoms with Crippen molar-refractivity contribution >= 4 is 23.6 Å². The van der Waals surface area contributed by atoms with Crippen molar-refractivity contribution in [2.45, 2.75) is 13.5 Å². The Morgan fingerprint density at radius 1 is 1.10 bits per heavy atom. The molecule has 0 unspecified atom stereocenters. The van der Waals surface area contributed by atoms with Crippen LogP contribution in [0.3, 0.4) is 0 Å². The van der Waals surface area contributed by atoms with Gasteiger partial charge in [0.25, 0.3) is 0 Å². The van der Waals surface area contributed by atoms with Crippen molar-refractivity contribution in [3.8, 4) is 5.69 Å². The molecule has 30 heavy (non-hydrogen) atoms. The number of ether oxygens (including phenoxy) is 1. The van der Waals surface area contributed by atoms with E-state index in [9.17, 15) is 4.79 Å². The van der Waals surface area contributed by atoms with Crippen LogP contribution in [0.2, 0.25) is 0 Å². The Balaban J connectivity index is 1.42. The van der Waals surface area contributed by atoms with Crippen LogP contribution in [-0.4, -0.2) is 41.1 Å². The molecule has 0 saturated heterocycles. The summed E-state index contributed by atoms with van der Waals surface area (Å²) in [6.45, 7) is 1.81. The number of nitrogens with zero attached hydrogens (tertiary/aromatic N) is 7. The van der Waals surface area contributed by atoms with Gasteiger partial charge in [0.2, 0.25) is 11.9 Å². The van der Waals surface area contributed by atoms with E-state index in [2.05, 4.69) is 35.8 Å². The van der Waals surface area contributed by atoms with Gasteiger partial charge in [0, 0.05) is 5.69 Å². The van der Waals surface area contributed by atoms with E-state index in [-0.39, 0.29) is 24.3 Å². The first kappa shape index (κ1) is 18.9. The number of hydrogen-bond donors (Lipinski definition) is 2. The molecule has 150 valence electrons. The van der Waals surface area contributed by atoms with Crippen molar-refractivity contribution < 1.29 is 9.53 Å². The lowest BCUT2D eigenvalue weighted by Gasteiger charge is -2.10. The average molecular weight is 403 g/mol. The standard InChI is InChI=1S/C19H17N9O2/c1-12-4-2-3-5-15(12)22-19-24-16(23-18(20)25-19)10-30-17(29)13-6-8-14(9-7-13)28-11-21-26-27-28/h2-9,11H,10H2,1H3,(H3,20,22,23,24,25). The molecule has 0 amide bonds. The molecule has 11 heteroatoms. The number of aromatic nitrogens is 7. The van der Waals surface area contributed by atoms with Gasteiger partial charge in [-0.3, -0.25) is 0 Å². The first-order valence-corrected chi connectivity index (χ1v) is 8.92. The summed E-state index contributed by atoms with van der Waals surface area (Å²) in [6, 6.07) is 14.3. The number of tetrazole rings is 1. The first-order chi connectivity index (χ1) is 14.6. The molecule has 0 bridgehead atoms. The van der Waals surface area contributed by atoms with Crippen LogP contribution in [0, 0.1) is 6.92 Å². The molecule has 4 rings (SSSR count). The van der Waals surface area contributed by atoms with E-state index in [0.717, 1.165) is 11.3 Å². The highest BCUT2D eigenvalue weighted by atomic mass is 16.5. The number of aryl methyl sites for hydroxylation is 1. The van der Waals surface area contributed by atoms with Crippen LogP contribution in [0.5, 0.6) is 0 Å². The van der Waals surface area contributed by atoms with Crippen LogP contribution in [0.15, 0.2) is 54.9 Å². The third-order valence-electron chi connectivity index (χ3n) is 4.14. The third kappa shape index (κ3) is 4.35. The molecule has 0 radical (unpaired) electrons. The van der Waals surface area contributed by atoms with Crippen molar-refractivity contribution in [1.82, 2.24) is 35.2 Å². The quantitative estimate of drug-likeness (QED) is 0.457. The molecule has 0 aliphatic rings. The number of para-hydroxylation sites is 1. The Bertz CT molecular complexity index is 1160. The minimum Gasteiger partial charge on any atom is -0.454 e. The lowest BCUT2D eigenvalue weighted by atomic mass is 10.2. The number of rotatable bonds is 6. The van der Waals surface area contributed by atoms with Gasteiger partial charge in [0.05, 0.1) is 11.3 Å². The molecule has 0 aliphatic heterocycles. The van der Waals surface area contributed by atoms with Crippen LogP contribution in [-0.2, 0) is 11.3 Å². The van der Waals surface area contributed by atoms with Crippen molar-refractivity contribution in [3.63, 3.8) is 0 Å². The molecule has 0 spiro atoms. The lowest BCUT2D eigenvalue weighted by molar-refractivity contribution is 0.0462. The number of esters is 1. The summed E-state index contributed by atoms with van der Waals surface area (Å²) >= 11 is 0. The Morgan fingerprint density at radius 3 is 2.63 bits per heavy atom. The third-order valence-corrected chi connectivity index (χ3v) is 4.14. The second kappa shape index (κ2) is 8.31. The highest BCUT2D eigenvalue weighted by Crippen LogP contribution is 2.18. The summed E-state index contributed by atoms with van der Waals surface area (Å²) < 4.78 is 6.78. The minimum absolute atomic E-state index is 0.0259. The SMILES string of the molecule is Cc1ccccc1Nc1nc(N)nc(COC(=O)c2ccc(-n3cnnn3)cc2)n1. The van der Waals surface area contributed by atoms with Crippen LogP contribution < -0.4 is 11.1 Å². The van der Waals surface area contributed by atoms with Gasteiger partial charge in [-0.2, -0.15) is 15.0 Å². The maximum Gasteiger partial charge on any atom is 0.338 e. The van der Waals surface area contributed by atoms with Gasteiger partial charge in [-0.1, -0.05) is 18.2 Å². The van der Waals surface area contributed by atoms with Crippen LogP contribution in [0.25, 0.3) is 5.69 Å². The smallest absolute Gasteiger partial charge is 0.338 e. The lowest BCUT2D eigenvalue weighted by Crippen LogP contribution is -2.11. The fourth-order valence-electron chi connectivity index (χ4n) is 2.64. The number of carbonyl (C=O) groups is 1. The summed E-state index contributed by atoms with van der Waals surface area (Å²) in [7, 11) is 0. The Hall–Kier alpha value is -4.41. The molecule has 2 aromatic heterocycles. The summed E-state index contributed by atoms with van der Waals surface area (Å²) in [5.74, 6) is 0.00878. The summed E-state index contributed by atoms with van der Waals surface area (Å²) in [6.07, 6.45) is 1.46. The van der Waals surface area contributed by atoms with E-state index in [0.29, 0.717) is 11.3 Å². The van der Waals surface area contributed by atoms with E-state index in [1.54, 1.807) is 24.3 Å². The molecule has 4 aromatic rings. The Labute approximate surface area is 171 Å². The number of benzene rings is 2. The second-order valence-corrected chi connectivity index (χ2v) is 6.25. The fourth-order valence-corrected chi connectivity index (χ4v) is 2.64. The van der Waals surface area contributed by atoms with Crippen LogP contribution >= 0.6 is 0 Å². The van der Waals surface area contributed by atoms with Crippen molar-refractivity contribution in [2.24, 2.45) is 0 Å². The number of carbonyl (C=O) groups excluding carboxylic acids is 1. The summed E-state index contributed by atoms with van der Waals surface area (Å²) in [4.78, 5) is 24.7. The van der Waals surface area contributed by atoms with Crippen LogP contribution in [0.1, 0.15) is 21.7 Å². The number of nitrogens with two attached hydrogens (primary N) is 1. The average Bonchev–Trinajstić information content (AvgIpc) is 3.28. The zero-order valence-electron chi connectivity index (χ0n) is 15.9. The van der Waals surface area contributed by atoms with Gasteiger partial charge in [-0.05, 0) is 53.2 Å². The van der Waals surface area contributed by atoms with Crippen molar-refractivity contribution in [3.05, 3.63) is 71.8 Å². The predicted octanol–water partition coefficient (Wildman–Crippen LogP) is 1.84. The highest BCUT2D eigenvalue weighted by molar-refractivity contribution is 5.89. The Kier molecular flexibility index (Phi) is 5.24. The van der Waals surface area contributed by atoms with Crippen molar-refractivity contribution in [1.29, 1.82) is 0 Å². The number of nitrogens with one attached hydrogen (secondary N) is 1. The van der Waals surface area contributed by atoms with Gasteiger partial charge >= 0.3 is 5.97 Å². The van der Waals surface area contributed by atoms with Crippen LogP contribution in [0.4, 0.5) is 17.6 Å². The molecule has 2 heterocycles. The van der Waals surface area contributed by atoms with E-state index in [1.807, 2.05) is 31.2 Å². The zero-order valence-corrected chi connectivity index (χ0v) is 15.9. The molecule has 0 atom stereocenters. The van der Waals surface area contributed by atoms with Gasteiger partial charge in [-0.25, -0.2) is 9.48 Å². The van der Waals surface area contributed by atoms with Crippen molar-refractivity contribution in [2.75, 3.05) is 11.1 Å². The maximum absolute atomic E-state index is 12.3. The van der Waals surface area contributed by atoms with Gasteiger partial charge in [0.1, 0.15) is 6.33 Å². The number of anilines is 3. The normalized spacial score (nSPS) is 10.6. The second-order valence-electron chi connectivity index (χ2n) is 6.25. The van der Waals surface area contributed by atoms with Gasteiger partial charge < -0.3 is 15.8 Å². The molecular weight excluding hydrogens is 386 g/mol. The largest absolute Gasteiger partial charge is 0.454 e. The van der Waals surface area contributed by atoms with Gasteiger partial charge in [-0.15, -0.1) is 5.10 Å². The maximum atomic E-state index is 12.3. The number of hydrogen-bond acceptors (Lipinski definition) is 10.